The van der Waals surface area contributed by atoms with Gasteiger partial charge in [0.15, 0.2) is 11.6 Å². The molecule has 1 saturated carbocycles. The van der Waals surface area contributed by atoms with E-state index in [-0.39, 0.29) is 0 Å². The third-order valence-electron chi connectivity index (χ3n) is 5.04. The zero-order valence-electron chi connectivity index (χ0n) is 12.7. The van der Waals surface area contributed by atoms with Gasteiger partial charge < -0.3 is 15.4 Å². The van der Waals surface area contributed by atoms with Crippen LogP contribution in [0.4, 0.5) is 11.6 Å². The van der Waals surface area contributed by atoms with Crippen molar-refractivity contribution in [1.29, 1.82) is 0 Å². The van der Waals surface area contributed by atoms with E-state index < -0.39 is 0 Å². The second-order valence-electron chi connectivity index (χ2n) is 6.23. The first kappa shape index (κ1) is 13.9. The van der Waals surface area contributed by atoms with Gasteiger partial charge in [0.05, 0.1) is 7.11 Å². The summed E-state index contributed by atoms with van der Waals surface area (Å²) in [5.74, 6) is 2.76. The molecule has 0 unspecified atom stereocenters. The Morgan fingerprint density at radius 1 is 1.16 bits per heavy atom. The van der Waals surface area contributed by atoms with Gasteiger partial charge in [-0.3, -0.25) is 0 Å². The monoisotopic (exact) mass is 264 g/mol. The summed E-state index contributed by atoms with van der Waals surface area (Å²) >= 11 is 0. The van der Waals surface area contributed by atoms with E-state index in [0.29, 0.717) is 28.3 Å². The van der Waals surface area contributed by atoms with Crippen LogP contribution in [-0.2, 0) is 0 Å². The van der Waals surface area contributed by atoms with Crippen molar-refractivity contribution < 1.29 is 4.74 Å². The number of aromatic nitrogens is 2. The van der Waals surface area contributed by atoms with E-state index in [0.717, 1.165) is 12.4 Å². The van der Waals surface area contributed by atoms with Gasteiger partial charge in [0.1, 0.15) is 6.33 Å². The topological polar surface area (TPSA) is 59.1 Å². The van der Waals surface area contributed by atoms with Crippen LogP contribution in [0.15, 0.2) is 6.33 Å². The summed E-state index contributed by atoms with van der Waals surface area (Å²) in [6, 6.07) is 0. The van der Waals surface area contributed by atoms with E-state index in [2.05, 4.69) is 48.3 Å². The molecule has 0 bridgehead atoms. The lowest BCUT2D eigenvalue weighted by atomic mass is 10.0. The van der Waals surface area contributed by atoms with Crippen molar-refractivity contribution in [1.82, 2.24) is 9.97 Å². The van der Waals surface area contributed by atoms with E-state index in [1.807, 2.05) is 7.05 Å². The molecule has 0 spiro atoms. The van der Waals surface area contributed by atoms with E-state index >= 15 is 0 Å². The Kier molecular flexibility index (Phi) is 3.32. The Morgan fingerprint density at radius 2 is 1.74 bits per heavy atom. The summed E-state index contributed by atoms with van der Waals surface area (Å²) in [5.41, 5.74) is 0.734. The number of ether oxygens (including phenoxy) is 1. The van der Waals surface area contributed by atoms with Crippen LogP contribution in [0.25, 0.3) is 0 Å². The molecule has 106 valence electrons. The van der Waals surface area contributed by atoms with Crippen LogP contribution in [0.2, 0.25) is 0 Å². The number of rotatable bonds is 5. The SMILES string of the molecule is CNc1ncnc(NCC2C(C)(C)C2(C)C)c1OC. The Labute approximate surface area is 115 Å². The molecule has 1 fully saturated rings. The van der Waals surface area contributed by atoms with Crippen molar-refractivity contribution in [3.63, 3.8) is 0 Å². The Bertz CT molecular complexity index is 457. The van der Waals surface area contributed by atoms with Crippen LogP contribution in [0, 0.1) is 16.7 Å². The normalized spacial score (nSPS) is 19.9. The van der Waals surface area contributed by atoms with Gasteiger partial charge in [-0.15, -0.1) is 0 Å². The van der Waals surface area contributed by atoms with Gasteiger partial charge >= 0.3 is 0 Å². The maximum atomic E-state index is 5.37. The predicted molar refractivity (Wildman–Crippen MR) is 77.7 cm³/mol. The van der Waals surface area contributed by atoms with Crippen LogP contribution in [0.5, 0.6) is 5.75 Å². The fourth-order valence-corrected chi connectivity index (χ4v) is 2.91. The standard InChI is InChI=1S/C14H24N4O/c1-13(2)9(14(13,3)4)7-16-12-10(19-6)11(15-5)17-8-18-12/h8-9H,7H2,1-6H3,(H2,15,16,17,18). The number of nitrogens with zero attached hydrogens (tertiary/aromatic N) is 2. The van der Waals surface area contributed by atoms with Crippen molar-refractivity contribution in [2.45, 2.75) is 27.7 Å². The highest BCUT2D eigenvalue weighted by Crippen LogP contribution is 2.68. The van der Waals surface area contributed by atoms with Crippen LogP contribution >= 0.6 is 0 Å². The van der Waals surface area contributed by atoms with E-state index in [1.165, 1.54) is 0 Å². The Morgan fingerprint density at radius 3 is 2.21 bits per heavy atom. The van der Waals surface area contributed by atoms with E-state index in [4.69, 9.17) is 4.74 Å². The molecule has 0 amide bonds. The molecule has 5 heteroatoms. The summed E-state index contributed by atoms with van der Waals surface area (Å²) in [4.78, 5) is 8.41. The van der Waals surface area contributed by atoms with Gasteiger partial charge in [0.2, 0.25) is 5.75 Å². The third-order valence-corrected chi connectivity index (χ3v) is 5.04. The second-order valence-corrected chi connectivity index (χ2v) is 6.23. The molecule has 0 atom stereocenters. The van der Waals surface area contributed by atoms with Crippen molar-refractivity contribution >= 4 is 11.6 Å². The number of anilines is 2. The van der Waals surface area contributed by atoms with Gasteiger partial charge in [-0.05, 0) is 16.7 Å². The van der Waals surface area contributed by atoms with Gasteiger partial charge in [0, 0.05) is 13.6 Å². The summed E-state index contributed by atoms with van der Waals surface area (Å²) in [6.45, 7) is 10.2. The van der Waals surface area contributed by atoms with Gasteiger partial charge in [0.25, 0.3) is 0 Å². The average molecular weight is 264 g/mol. The highest BCUT2D eigenvalue weighted by molar-refractivity contribution is 5.63. The molecule has 5 nitrogen and oxygen atoms in total. The number of hydrogen-bond acceptors (Lipinski definition) is 5. The minimum Gasteiger partial charge on any atom is -0.490 e. The first-order valence-electron chi connectivity index (χ1n) is 6.67. The first-order valence-corrected chi connectivity index (χ1v) is 6.67. The van der Waals surface area contributed by atoms with Crippen molar-refractivity contribution in [2.75, 3.05) is 31.3 Å². The Balaban J connectivity index is 2.09. The molecule has 1 aliphatic rings. The first-order chi connectivity index (χ1) is 8.86. The molecule has 0 aromatic carbocycles. The Hall–Kier alpha value is -1.52. The summed E-state index contributed by atoms with van der Waals surface area (Å²) < 4.78 is 5.37. The zero-order chi connectivity index (χ0) is 14.3. The number of nitrogens with one attached hydrogen (secondary N) is 2. The molecule has 1 heterocycles. The minimum absolute atomic E-state index is 0.367. The fourth-order valence-electron chi connectivity index (χ4n) is 2.91. The highest BCUT2D eigenvalue weighted by atomic mass is 16.5. The second kappa shape index (κ2) is 4.54. The van der Waals surface area contributed by atoms with Crippen molar-refractivity contribution in [3.8, 4) is 5.75 Å². The molecule has 1 aliphatic carbocycles. The molecule has 0 radical (unpaired) electrons. The molecule has 19 heavy (non-hydrogen) atoms. The van der Waals surface area contributed by atoms with Crippen LogP contribution in [-0.4, -0.2) is 30.7 Å². The molecule has 0 saturated heterocycles. The molecular formula is C14H24N4O. The summed E-state index contributed by atoms with van der Waals surface area (Å²) in [5, 5.41) is 6.40. The lowest BCUT2D eigenvalue weighted by Gasteiger charge is -2.13. The van der Waals surface area contributed by atoms with Gasteiger partial charge in [-0.25, -0.2) is 9.97 Å². The quantitative estimate of drug-likeness (QED) is 0.856. The van der Waals surface area contributed by atoms with E-state index in [1.54, 1.807) is 13.4 Å². The highest BCUT2D eigenvalue weighted by Gasteiger charge is 2.64. The zero-order valence-corrected chi connectivity index (χ0v) is 12.7. The third kappa shape index (κ3) is 2.11. The number of hydrogen-bond donors (Lipinski definition) is 2. The molecule has 1 aromatic heterocycles. The molecule has 2 rings (SSSR count). The molecular weight excluding hydrogens is 240 g/mol. The molecule has 1 aromatic rings. The van der Waals surface area contributed by atoms with E-state index in [9.17, 15) is 0 Å². The minimum atomic E-state index is 0.367. The lowest BCUT2D eigenvalue weighted by Crippen LogP contribution is -2.11. The van der Waals surface area contributed by atoms with Crippen LogP contribution in [0.3, 0.4) is 0 Å². The molecule has 0 aliphatic heterocycles. The summed E-state index contributed by atoms with van der Waals surface area (Å²) in [7, 11) is 3.46. The smallest absolute Gasteiger partial charge is 0.204 e. The summed E-state index contributed by atoms with van der Waals surface area (Å²) in [6.07, 6.45) is 1.54. The van der Waals surface area contributed by atoms with Crippen molar-refractivity contribution in [3.05, 3.63) is 6.33 Å². The van der Waals surface area contributed by atoms with Gasteiger partial charge in [-0.2, -0.15) is 0 Å². The predicted octanol–water partition coefficient (Wildman–Crippen LogP) is 2.62. The number of methoxy groups -OCH3 is 1. The van der Waals surface area contributed by atoms with Crippen LogP contribution < -0.4 is 15.4 Å². The molecule has 2 N–H and O–H groups in total. The maximum Gasteiger partial charge on any atom is 0.204 e. The van der Waals surface area contributed by atoms with Gasteiger partial charge in [-0.1, -0.05) is 27.7 Å². The fraction of sp³-hybridized carbons (Fsp3) is 0.714. The lowest BCUT2D eigenvalue weighted by molar-refractivity contribution is 0.414. The van der Waals surface area contributed by atoms with Crippen molar-refractivity contribution in [2.24, 2.45) is 16.7 Å². The maximum absolute atomic E-state index is 5.37. The van der Waals surface area contributed by atoms with Crippen LogP contribution in [0.1, 0.15) is 27.7 Å². The largest absolute Gasteiger partial charge is 0.490 e. The average Bonchev–Trinajstić information content (AvgIpc) is 2.76.